The summed E-state index contributed by atoms with van der Waals surface area (Å²) in [6, 6.07) is 5.59. The zero-order valence-electron chi connectivity index (χ0n) is 12.4. The Kier molecular flexibility index (Phi) is 3.41. The molecule has 0 spiro atoms. The number of benzene rings is 1. The van der Waals surface area contributed by atoms with Gasteiger partial charge in [-0.15, -0.1) is 0 Å². The molecular formula is C16H18N2O3. The topological polar surface area (TPSA) is 53.5 Å². The van der Waals surface area contributed by atoms with Gasteiger partial charge in [-0.3, -0.25) is 0 Å². The van der Waals surface area contributed by atoms with Gasteiger partial charge in [-0.05, 0) is 12.1 Å². The third-order valence-electron chi connectivity index (χ3n) is 3.13. The molecule has 0 radical (unpaired) electrons. The molecule has 0 bridgehead atoms. The second-order valence-corrected chi connectivity index (χ2v) is 5.94. The summed E-state index contributed by atoms with van der Waals surface area (Å²) in [5, 5.41) is 0. The molecule has 0 N–H and O–H groups in total. The number of ether oxygens (including phenoxy) is 3. The van der Waals surface area contributed by atoms with Crippen LogP contribution in [0.15, 0.2) is 30.6 Å². The number of hydrogen-bond acceptors (Lipinski definition) is 5. The van der Waals surface area contributed by atoms with Crippen molar-refractivity contribution in [1.29, 1.82) is 0 Å². The van der Waals surface area contributed by atoms with Crippen LogP contribution >= 0.6 is 0 Å². The number of aromatic nitrogens is 2. The zero-order valence-corrected chi connectivity index (χ0v) is 12.4. The molecule has 0 atom stereocenters. The van der Waals surface area contributed by atoms with Gasteiger partial charge in [0.05, 0.1) is 0 Å². The Balaban J connectivity index is 1.70. The summed E-state index contributed by atoms with van der Waals surface area (Å²) in [5.74, 6) is 2.87. The fourth-order valence-corrected chi connectivity index (χ4v) is 1.99. The molecule has 2 aromatic rings. The third kappa shape index (κ3) is 2.91. The van der Waals surface area contributed by atoms with Crippen molar-refractivity contribution < 1.29 is 14.2 Å². The number of hydrogen-bond donors (Lipinski definition) is 0. The Bertz CT molecular complexity index is 633. The van der Waals surface area contributed by atoms with E-state index in [1.54, 1.807) is 12.4 Å². The predicted octanol–water partition coefficient (Wildman–Crippen LogP) is 3.08. The van der Waals surface area contributed by atoms with Crippen LogP contribution in [0.4, 0.5) is 0 Å². The number of fused-ring (bicyclic) bond motifs is 1. The maximum absolute atomic E-state index is 5.78. The van der Waals surface area contributed by atoms with Crippen molar-refractivity contribution >= 4 is 0 Å². The van der Waals surface area contributed by atoms with Crippen molar-refractivity contribution in [2.45, 2.75) is 32.8 Å². The lowest BCUT2D eigenvalue weighted by Gasteiger charge is -2.16. The van der Waals surface area contributed by atoms with Gasteiger partial charge in [0.1, 0.15) is 12.4 Å². The molecule has 21 heavy (non-hydrogen) atoms. The molecule has 1 aliphatic rings. The van der Waals surface area contributed by atoms with Crippen LogP contribution in [0.3, 0.4) is 0 Å². The summed E-state index contributed by atoms with van der Waals surface area (Å²) in [7, 11) is 0. The van der Waals surface area contributed by atoms with Crippen molar-refractivity contribution in [2.24, 2.45) is 0 Å². The molecule has 0 unspecified atom stereocenters. The minimum absolute atomic E-state index is 0.0508. The monoisotopic (exact) mass is 286 g/mol. The van der Waals surface area contributed by atoms with Gasteiger partial charge in [0, 0.05) is 23.4 Å². The predicted molar refractivity (Wildman–Crippen MR) is 77.6 cm³/mol. The summed E-state index contributed by atoms with van der Waals surface area (Å²) in [4.78, 5) is 8.78. The second kappa shape index (κ2) is 5.24. The van der Waals surface area contributed by atoms with Crippen molar-refractivity contribution in [3.63, 3.8) is 0 Å². The maximum Gasteiger partial charge on any atom is 0.231 e. The van der Waals surface area contributed by atoms with E-state index < -0.39 is 0 Å². The lowest BCUT2D eigenvalue weighted by atomic mass is 9.96. The summed E-state index contributed by atoms with van der Waals surface area (Å²) in [5.41, 5.74) is 0.865. The zero-order chi connectivity index (χ0) is 14.9. The van der Waals surface area contributed by atoms with Crippen LogP contribution in [0.25, 0.3) is 0 Å². The van der Waals surface area contributed by atoms with Crippen molar-refractivity contribution in [3.8, 4) is 17.2 Å². The van der Waals surface area contributed by atoms with Gasteiger partial charge in [0.25, 0.3) is 0 Å². The maximum atomic E-state index is 5.78. The quantitative estimate of drug-likeness (QED) is 0.868. The van der Waals surface area contributed by atoms with Crippen LogP contribution in [0, 0.1) is 0 Å². The molecule has 1 aromatic heterocycles. The van der Waals surface area contributed by atoms with Gasteiger partial charge in [-0.25, -0.2) is 9.97 Å². The van der Waals surface area contributed by atoms with Gasteiger partial charge < -0.3 is 14.2 Å². The standard InChI is InChI=1S/C16H18N2O3/c1-16(2,3)15-17-7-11(8-18-15)9-19-12-5-4-6-13-14(12)21-10-20-13/h4-8H,9-10H2,1-3H3. The van der Waals surface area contributed by atoms with E-state index >= 15 is 0 Å². The van der Waals surface area contributed by atoms with Crippen LogP contribution in [-0.4, -0.2) is 16.8 Å². The second-order valence-electron chi connectivity index (χ2n) is 5.94. The summed E-state index contributed by atoms with van der Waals surface area (Å²) >= 11 is 0. The first-order chi connectivity index (χ1) is 10.0. The highest BCUT2D eigenvalue weighted by molar-refractivity contribution is 5.52. The van der Waals surface area contributed by atoms with Crippen molar-refractivity contribution in [1.82, 2.24) is 9.97 Å². The first-order valence-electron chi connectivity index (χ1n) is 6.87. The van der Waals surface area contributed by atoms with E-state index in [4.69, 9.17) is 14.2 Å². The molecule has 0 aliphatic carbocycles. The molecule has 110 valence electrons. The lowest BCUT2D eigenvalue weighted by molar-refractivity contribution is 0.169. The van der Waals surface area contributed by atoms with E-state index in [1.165, 1.54) is 0 Å². The van der Waals surface area contributed by atoms with Gasteiger partial charge in [0.2, 0.25) is 12.5 Å². The highest BCUT2D eigenvalue weighted by atomic mass is 16.7. The number of nitrogens with zero attached hydrogens (tertiary/aromatic N) is 2. The highest BCUT2D eigenvalue weighted by Crippen LogP contribution is 2.40. The smallest absolute Gasteiger partial charge is 0.231 e. The molecule has 5 heteroatoms. The normalized spacial score (nSPS) is 13.3. The molecule has 2 heterocycles. The fourth-order valence-electron chi connectivity index (χ4n) is 1.99. The largest absolute Gasteiger partial charge is 0.485 e. The van der Waals surface area contributed by atoms with E-state index in [-0.39, 0.29) is 12.2 Å². The van der Waals surface area contributed by atoms with E-state index in [9.17, 15) is 0 Å². The first-order valence-corrected chi connectivity index (χ1v) is 6.87. The minimum atomic E-state index is -0.0508. The molecule has 1 aromatic carbocycles. The van der Waals surface area contributed by atoms with Crippen molar-refractivity contribution in [2.75, 3.05) is 6.79 Å². The number of para-hydroxylation sites is 1. The number of rotatable bonds is 3. The fraction of sp³-hybridized carbons (Fsp3) is 0.375. The SMILES string of the molecule is CC(C)(C)c1ncc(COc2cccc3c2OCO3)cn1. The van der Waals surface area contributed by atoms with E-state index in [0.717, 1.165) is 11.4 Å². The third-order valence-corrected chi connectivity index (χ3v) is 3.13. The van der Waals surface area contributed by atoms with Crippen LogP contribution in [0.1, 0.15) is 32.2 Å². The highest BCUT2D eigenvalue weighted by Gasteiger charge is 2.19. The Hall–Kier alpha value is -2.30. The van der Waals surface area contributed by atoms with Crippen LogP contribution in [0.2, 0.25) is 0 Å². The van der Waals surface area contributed by atoms with E-state index in [1.807, 2.05) is 18.2 Å². The molecule has 0 amide bonds. The molecule has 0 saturated carbocycles. The summed E-state index contributed by atoms with van der Waals surface area (Å²) < 4.78 is 16.5. The minimum Gasteiger partial charge on any atom is -0.485 e. The first kappa shape index (κ1) is 13.7. The Labute approximate surface area is 123 Å². The summed E-state index contributed by atoms with van der Waals surface area (Å²) in [6.45, 7) is 6.89. The van der Waals surface area contributed by atoms with Crippen molar-refractivity contribution in [3.05, 3.63) is 42.0 Å². The van der Waals surface area contributed by atoms with Gasteiger partial charge in [-0.2, -0.15) is 0 Å². The average Bonchev–Trinajstić information content (AvgIpc) is 2.93. The van der Waals surface area contributed by atoms with Gasteiger partial charge in [-0.1, -0.05) is 26.8 Å². The average molecular weight is 286 g/mol. The molecule has 0 fully saturated rings. The molecular weight excluding hydrogens is 268 g/mol. The lowest BCUT2D eigenvalue weighted by Crippen LogP contribution is -2.16. The Morgan fingerprint density at radius 2 is 1.90 bits per heavy atom. The molecule has 3 rings (SSSR count). The molecule has 5 nitrogen and oxygen atoms in total. The van der Waals surface area contributed by atoms with Gasteiger partial charge >= 0.3 is 0 Å². The Morgan fingerprint density at radius 1 is 1.14 bits per heavy atom. The molecule has 1 aliphatic heterocycles. The molecule has 0 saturated heterocycles. The van der Waals surface area contributed by atoms with Crippen LogP contribution < -0.4 is 14.2 Å². The van der Waals surface area contributed by atoms with E-state index in [2.05, 4.69) is 30.7 Å². The van der Waals surface area contributed by atoms with Gasteiger partial charge in [0.15, 0.2) is 11.5 Å². The Morgan fingerprint density at radius 3 is 2.62 bits per heavy atom. The van der Waals surface area contributed by atoms with Crippen LogP contribution in [-0.2, 0) is 12.0 Å². The van der Waals surface area contributed by atoms with E-state index in [0.29, 0.717) is 23.9 Å². The van der Waals surface area contributed by atoms with Crippen LogP contribution in [0.5, 0.6) is 17.2 Å². The summed E-state index contributed by atoms with van der Waals surface area (Å²) in [6.07, 6.45) is 3.60.